The largest absolute Gasteiger partial charge is 0.477 e. The van der Waals surface area contributed by atoms with E-state index in [2.05, 4.69) is 98.9 Å². The van der Waals surface area contributed by atoms with Crippen molar-refractivity contribution in [3.8, 4) is 0 Å². The molecule has 2 unspecified atom stereocenters. The number of likely N-dealkylation sites (N-methyl/N-ethyl adjacent to an activating group) is 1. The maximum atomic E-state index is 12.8. The van der Waals surface area contributed by atoms with Crippen LogP contribution in [-0.2, 0) is 33.3 Å². The fraction of sp³-hybridized carbons (Fsp3) is 0.696. The second-order valence-corrected chi connectivity index (χ2v) is 18.1. The van der Waals surface area contributed by atoms with E-state index in [0.717, 1.165) is 109 Å². The molecule has 0 saturated heterocycles. The first-order valence-electron chi connectivity index (χ1n) is 25.8. The number of nitrogens with zero attached hydrogens (tertiary/aromatic N) is 1. The van der Waals surface area contributed by atoms with Crippen LogP contribution in [0.2, 0.25) is 0 Å². The zero-order chi connectivity index (χ0) is 47.7. The molecule has 0 saturated carbocycles. The van der Waals surface area contributed by atoms with E-state index in [9.17, 15) is 19.5 Å². The Labute approximate surface area is 398 Å². The molecule has 9 heteroatoms. The number of hydrogen-bond donors (Lipinski definition) is 1. The summed E-state index contributed by atoms with van der Waals surface area (Å²) in [5.41, 5.74) is 0. The monoisotopic (exact) mass is 911 g/mol. The molecule has 0 aliphatic heterocycles. The number of carbonyl (C=O) groups excluding carboxylic acids is 2. The summed E-state index contributed by atoms with van der Waals surface area (Å²) in [6.07, 6.45) is 57.9. The normalized spacial score (nSPS) is 13.6. The highest BCUT2D eigenvalue weighted by atomic mass is 16.7. The van der Waals surface area contributed by atoms with Crippen LogP contribution in [0.5, 0.6) is 0 Å². The Bertz CT molecular complexity index is 1340. The highest BCUT2D eigenvalue weighted by molar-refractivity contribution is 5.71. The van der Waals surface area contributed by atoms with Gasteiger partial charge in [0.2, 0.25) is 0 Å². The van der Waals surface area contributed by atoms with Gasteiger partial charge in [0.1, 0.15) is 13.2 Å². The number of carbonyl (C=O) groups is 3. The third kappa shape index (κ3) is 48.2. The van der Waals surface area contributed by atoms with E-state index >= 15 is 0 Å². The Hall–Kier alpha value is -3.53. The lowest BCUT2D eigenvalue weighted by Gasteiger charge is -2.25. The Morgan fingerprint density at radius 1 is 0.477 bits per heavy atom. The lowest BCUT2D eigenvalue weighted by molar-refractivity contribution is -0.870. The first-order valence-corrected chi connectivity index (χ1v) is 25.8. The summed E-state index contributed by atoms with van der Waals surface area (Å²) in [6.45, 7) is 4.66. The van der Waals surface area contributed by atoms with Crippen LogP contribution >= 0.6 is 0 Å². The quantitative estimate of drug-likeness (QED) is 0.0211. The average Bonchev–Trinajstić information content (AvgIpc) is 3.27. The Morgan fingerprint density at radius 2 is 0.877 bits per heavy atom. The molecular formula is C56H96NO8+. The first kappa shape index (κ1) is 61.5. The van der Waals surface area contributed by atoms with E-state index in [1.54, 1.807) is 0 Å². The van der Waals surface area contributed by atoms with Gasteiger partial charge in [0.25, 0.3) is 6.29 Å². The molecule has 0 amide bonds. The standard InChI is InChI=1S/C56H95NO8/c1-6-8-10-12-14-16-18-20-21-22-23-24-25-26-27-28-29-30-31-32-33-35-37-39-41-43-45-47-54(59)65-52(51-64-56(55(60)61)62-49-48-57(3,4)5)50-63-53(58)46-44-42-40-38-36-34-19-17-15-13-11-9-7-2/h8,10-11,13-14,16-17,19-21,23-24,26-27,52,56H,6-7,9,12,15,18,22,25,28-51H2,1-5H3/p+1/b10-8-,13-11-,16-14-,19-17-,21-20-,24-23-,27-26-. The summed E-state index contributed by atoms with van der Waals surface area (Å²) >= 11 is 0. The summed E-state index contributed by atoms with van der Waals surface area (Å²) in [5.74, 6) is -2.04. The van der Waals surface area contributed by atoms with Gasteiger partial charge in [-0.3, -0.25) is 9.59 Å². The lowest BCUT2D eigenvalue weighted by Crippen LogP contribution is -2.40. The van der Waals surface area contributed by atoms with Crippen LogP contribution < -0.4 is 0 Å². The summed E-state index contributed by atoms with van der Waals surface area (Å²) in [7, 11) is 5.95. The van der Waals surface area contributed by atoms with Gasteiger partial charge in [-0.15, -0.1) is 0 Å². The minimum Gasteiger partial charge on any atom is -0.477 e. The van der Waals surface area contributed by atoms with Gasteiger partial charge < -0.3 is 28.5 Å². The molecule has 0 fully saturated rings. The van der Waals surface area contributed by atoms with Gasteiger partial charge in [-0.25, -0.2) is 4.79 Å². The molecule has 9 nitrogen and oxygen atoms in total. The molecule has 0 bridgehead atoms. The average molecular weight is 911 g/mol. The molecule has 0 spiro atoms. The van der Waals surface area contributed by atoms with Crippen LogP contribution in [-0.4, -0.2) is 87.4 Å². The van der Waals surface area contributed by atoms with Crippen LogP contribution in [0.1, 0.15) is 194 Å². The fourth-order valence-corrected chi connectivity index (χ4v) is 6.66. The minimum absolute atomic E-state index is 0.181. The number of hydrogen-bond acceptors (Lipinski definition) is 7. The number of ether oxygens (including phenoxy) is 4. The van der Waals surface area contributed by atoms with Crippen molar-refractivity contribution in [2.75, 3.05) is 47.5 Å². The van der Waals surface area contributed by atoms with E-state index in [0.29, 0.717) is 17.4 Å². The number of aliphatic carboxylic acids is 1. The van der Waals surface area contributed by atoms with Gasteiger partial charge in [-0.2, -0.15) is 0 Å². The molecule has 0 aromatic rings. The predicted octanol–water partition coefficient (Wildman–Crippen LogP) is 14.4. The van der Waals surface area contributed by atoms with Crippen molar-refractivity contribution in [2.45, 2.75) is 206 Å². The summed E-state index contributed by atoms with van der Waals surface area (Å²) in [5, 5.41) is 9.66. The topological polar surface area (TPSA) is 108 Å². The van der Waals surface area contributed by atoms with Gasteiger partial charge in [-0.05, 0) is 83.5 Å². The van der Waals surface area contributed by atoms with Crippen LogP contribution in [0.25, 0.3) is 0 Å². The number of carboxylic acids is 1. The van der Waals surface area contributed by atoms with Crippen LogP contribution in [0.3, 0.4) is 0 Å². The van der Waals surface area contributed by atoms with E-state index in [1.807, 2.05) is 21.1 Å². The number of esters is 2. The van der Waals surface area contributed by atoms with Crippen molar-refractivity contribution < 1.29 is 42.9 Å². The van der Waals surface area contributed by atoms with E-state index in [1.165, 1.54) is 51.4 Å². The Kier molecular flexibility index (Phi) is 44.4. The van der Waals surface area contributed by atoms with Gasteiger partial charge in [0.15, 0.2) is 6.10 Å². The summed E-state index contributed by atoms with van der Waals surface area (Å²) in [6, 6.07) is 0. The molecule has 372 valence electrons. The number of unbranched alkanes of at least 4 members (excludes halogenated alkanes) is 17. The summed E-state index contributed by atoms with van der Waals surface area (Å²) < 4.78 is 22.8. The van der Waals surface area contributed by atoms with Crippen LogP contribution in [0.4, 0.5) is 0 Å². The molecule has 0 rings (SSSR count). The van der Waals surface area contributed by atoms with Crippen LogP contribution in [0.15, 0.2) is 85.1 Å². The van der Waals surface area contributed by atoms with Crippen molar-refractivity contribution in [3.63, 3.8) is 0 Å². The molecule has 65 heavy (non-hydrogen) atoms. The smallest absolute Gasteiger partial charge is 0.361 e. The third-order valence-electron chi connectivity index (χ3n) is 10.6. The highest BCUT2D eigenvalue weighted by Crippen LogP contribution is 2.14. The first-order chi connectivity index (χ1) is 31.6. The molecule has 0 aromatic heterocycles. The van der Waals surface area contributed by atoms with Gasteiger partial charge in [0, 0.05) is 12.8 Å². The van der Waals surface area contributed by atoms with Crippen molar-refractivity contribution in [1.29, 1.82) is 0 Å². The van der Waals surface area contributed by atoms with Gasteiger partial charge in [0.05, 0.1) is 34.4 Å². The van der Waals surface area contributed by atoms with Gasteiger partial charge >= 0.3 is 17.9 Å². The Balaban J connectivity index is 4.28. The third-order valence-corrected chi connectivity index (χ3v) is 10.6. The van der Waals surface area contributed by atoms with Gasteiger partial charge in [-0.1, -0.05) is 182 Å². The minimum atomic E-state index is -1.52. The molecular weight excluding hydrogens is 815 g/mol. The second-order valence-electron chi connectivity index (χ2n) is 18.1. The number of rotatable bonds is 46. The van der Waals surface area contributed by atoms with Crippen molar-refractivity contribution in [3.05, 3.63) is 85.1 Å². The van der Waals surface area contributed by atoms with Crippen molar-refractivity contribution in [2.24, 2.45) is 0 Å². The lowest BCUT2D eigenvalue weighted by atomic mass is 10.0. The van der Waals surface area contributed by atoms with Crippen LogP contribution in [0, 0.1) is 0 Å². The second kappa shape index (κ2) is 47.0. The van der Waals surface area contributed by atoms with E-state index in [4.69, 9.17) is 18.9 Å². The fourth-order valence-electron chi connectivity index (χ4n) is 6.66. The number of quaternary nitrogens is 1. The highest BCUT2D eigenvalue weighted by Gasteiger charge is 2.25. The maximum absolute atomic E-state index is 12.8. The Morgan fingerprint density at radius 3 is 1.31 bits per heavy atom. The molecule has 0 heterocycles. The maximum Gasteiger partial charge on any atom is 0.361 e. The SMILES string of the molecule is CC/C=C\C/C=C\C/C=C\C/C=C\C/C=C\CCCCCCCCCCCCCC(=O)OC(COC(=O)CCCCCCC/C=C\C/C=C\CCC)COC(OCC[N+](C)(C)C)C(=O)O. The predicted molar refractivity (Wildman–Crippen MR) is 272 cm³/mol. The molecule has 0 radical (unpaired) electrons. The molecule has 2 atom stereocenters. The van der Waals surface area contributed by atoms with Crippen molar-refractivity contribution >= 4 is 17.9 Å². The zero-order valence-electron chi connectivity index (χ0n) is 42.1. The molecule has 0 aromatic carbocycles. The molecule has 1 N–H and O–H groups in total. The van der Waals surface area contributed by atoms with Crippen molar-refractivity contribution in [1.82, 2.24) is 0 Å². The van der Waals surface area contributed by atoms with E-state index < -0.39 is 24.3 Å². The zero-order valence-corrected chi connectivity index (χ0v) is 42.1. The summed E-state index contributed by atoms with van der Waals surface area (Å²) in [4.78, 5) is 37.2. The molecule has 0 aliphatic carbocycles. The number of allylic oxidation sites excluding steroid dienone is 14. The number of carboxylic acid groups (broad SMARTS) is 1. The van der Waals surface area contributed by atoms with E-state index in [-0.39, 0.29) is 38.6 Å². The molecule has 0 aliphatic rings.